The van der Waals surface area contributed by atoms with Gasteiger partial charge in [0.15, 0.2) is 0 Å². The van der Waals surface area contributed by atoms with E-state index in [-0.39, 0.29) is 6.10 Å². The van der Waals surface area contributed by atoms with Crippen LogP contribution in [0.25, 0.3) is 11.0 Å². The highest BCUT2D eigenvalue weighted by Crippen LogP contribution is 2.21. The van der Waals surface area contributed by atoms with Crippen LogP contribution < -0.4 is 4.90 Å². The summed E-state index contributed by atoms with van der Waals surface area (Å²) in [5, 5.41) is 9.49. The van der Waals surface area contributed by atoms with Crippen molar-refractivity contribution in [3.8, 4) is 0 Å². The average molecular weight is 314 g/mol. The minimum absolute atomic E-state index is 0.234. The SMILES string of the molecule is C[C@H](O)CN1CCC(CN(C)c2cnc3ccccc3n2)CC1. The molecule has 0 unspecified atom stereocenters. The van der Waals surface area contributed by atoms with Crippen molar-refractivity contribution in [2.75, 3.05) is 38.1 Å². The molecule has 0 radical (unpaired) electrons. The summed E-state index contributed by atoms with van der Waals surface area (Å²) in [5.74, 6) is 1.62. The maximum Gasteiger partial charge on any atom is 0.147 e. The highest BCUT2D eigenvalue weighted by molar-refractivity contribution is 5.75. The normalized spacial score (nSPS) is 18.2. The van der Waals surface area contributed by atoms with Crippen LogP contribution in [0.5, 0.6) is 0 Å². The van der Waals surface area contributed by atoms with Gasteiger partial charge in [0.05, 0.1) is 23.3 Å². The monoisotopic (exact) mass is 314 g/mol. The fourth-order valence-corrected chi connectivity index (χ4v) is 3.34. The van der Waals surface area contributed by atoms with Gasteiger partial charge >= 0.3 is 0 Å². The third-order valence-corrected chi connectivity index (χ3v) is 4.59. The number of rotatable bonds is 5. The highest BCUT2D eigenvalue weighted by atomic mass is 16.3. The summed E-state index contributed by atoms with van der Waals surface area (Å²) in [7, 11) is 2.10. The molecular weight excluding hydrogens is 288 g/mol. The Morgan fingerprint density at radius 3 is 2.65 bits per heavy atom. The second-order valence-corrected chi connectivity index (χ2v) is 6.69. The van der Waals surface area contributed by atoms with Gasteiger partial charge in [-0.1, -0.05) is 12.1 Å². The molecule has 1 saturated heterocycles. The Kier molecular flexibility index (Phi) is 5.08. The Morgan fingerprint density at radius 2 is 1.96 bits per heavy atom. The summed E-state index contributed by atoms with van der Waals surface area (Å²) >= 11 is 0. The van der Waals surface area contributed by atoms with Gasteiger partial charge in [-0.15, -0.1) is 0 Å². The molecule has 0 bridgehead atoms. The minimum atomic E-state index is -0.234. The summed E-state index contributed by atoms with van der Waals surface area (Å²) in [4.78, 5) is 13.8. The molecule has 2 aromatic rings. The molecule has 1 N–H and O–H groups in total. The van der Waals surface area contributed by atoms with Crippen LogP contribution in [0.2, 0.25) is 0 Å². The molecule has 23 heavy (non-hydrogen) atoms. The van der Waals surface area contributed by atoms with Gasteiger partial charge in [-0.05, 0) is 50.9 Å². The van der Waals surface area contributed by atoms with E-state index in [0.29, 0.717) is 5.92 Å². The number of fused-ring (bicyclic) bond motifs is 1. The molecular formula is C18H26N4O. The van der Waals surface area contributed by atoms with Gasteiger partial charge in [0, 0.05) is 20.1 Å². The molecule has 1 aliphatic heterocycles. The van der Waals surface area contributed by atoms with Crippen LogP contribution >= 0.6 is 0 Å². The summed E-state index contributed by atoms with van der Waals surface area (Å²) < 4.78 is 0. The van der Waals surface area contributed by atoms with E-state index in [0.717, 1.165) is 43.0 Å². The number of anilines is 1. The Bertz CT molecular complexity index is 638. The number of β-amino-alcohol motifs (C(OH)–C–C–N with tert-alkyl or cyclic N) is 1. The van der Waals surface area contributed by atoms with E-state index in [2.05, 4.69) is 21.8 Å². The molecule has 5 heteroatoms. The van der Waals surface area contributed by atoms with Gasteiger partial charge < -0.3 is 14.9 Å². The number of aromatic nitrogens is 2. The van der Waals surface area contributed by atoms with E-state index in [1.807, 2.05) is 37.4 Å². The van der Waals surface area contributed by atoms with Crippen LogP contribution in [0.1, 0.15) is 19.8 Å². The Morgan fingerprint density at radius 1 is 1.26 bits per heavy atom. The first-order valence-electron chi connectivity index (χ1n) is 8.45. The predicted molar refractivity (Wildman–Crippen MR) is 93.7 cm³/mol. The van der Waals surface area contributed by atoms with Crippen molar-refractivity contribution in [2.45, 2.75) is 25.9 Å². The van der Waals surface area contributed by atoms with E-state index >= 15 is 0 Å². The highest BCUT2D eigenvalue weighted by Gasteiger charge is 2.21. The topological polar surface area (TPSA) is 52.5 Å². The third kappa shape index (κ3) is 4.18. The maximum absolute atomic E-state index is 9.49. The quantitative estimate of drug-likeness (QED) is 0.916. The van der Waals surface area contributed by atoms with Crippen molar-refractivity contribution in [1.29, 1.82) is 0 Å². The number of benzene rings is 1. The van der Waals surface area contributed by atoms with Crippen molar-refractivity contribution < 1.29 is 5.11 Å². The lowest BCUT2D eigenvalue weighted by Crippen LogP contribution is -2.40. The first kappa shape index (κ1) is 16.1. The fourth-order valence-electron chi connectivity index (χ4n) is 3.34. The second kappa shape index (κ2) is 7.23. The zero-order chi connectivity index (χ0) is 16.2. The molecule has 1 aromatic heterocycles. The van der Waals surface area contributed by atoms with Crippen LogP contribution in [0.3, 0.4) is 0 Å². The molecule has 5 nitrogen and oxygen atoms in total. The molecule has 2 heterocycles. The Hall–Kier alpha value is -1.72. The lowest BCUT2D eigenvalue weighted by molar-refractivity contribution is 0.101. The summed E-state index contributed by atoms with van der Waals surface area (Å²) in [6.45, 7) is 5.81. The number of aliphatic hydroxyl groups is 1. The Balaban J connectivity index is 1.57. The molecule has 124 valence electrons. The number of nitrogens with zero attached hydrogens (tertiary/aromatic N) is 4. The summed E-state index contributed by atoms with van der Waals surface area (Å²) in [5.41, 5.74) is 1.89. The van der Waals surface area contributed by atoms with Gasteiger partial charge in [-0.2, -0.15) is 0 Å². The van der Waals surface area contributed by atoms with Crippen molar-refractivity contribution in [3.63, 3.8) is 0 Å². The van der Waals surface area contributed by atoms with Crippen molar-refractivity contribution >= 4 is 16.9 Å². The molecule has 0 amide bonds. The molecule has 0 saturated carbocycles. The fraction of sp³-hybridized carbons (Fsp3) is 0.556. The zero-order valence-electron chi connectivity index (χ0n) is 14.0. The van der Waals surface area contributed by atoms with E-state index in [1.54, 1.807) is 0 Å². The average Bonchev–Trinajstić information content (AvgIpc) is 2.55. The minimum Gasteiger partial charge on any atom is -0.392 e. The van der Waals surface area contributed by atoms with Crippen molar-refractivity contribution in [1.82, 2.24) is 14.9 Å². The van der Waals surface area contributed by atoms with Gasteiger partial charge in [0.25, 0.3) is 0 Å². The van der Waals surface area contributed by atoms with Gasteiger partial charge in [0.2, 0.25) is 0 Å². The van der Waals surface area contributed by atoms with Crippen LogP contribution in [0.4, 0.5) is 5.82 Å². The smallest absolute Gasteiger partial charge is 0.147 e. The number of aliphatic hydroxyl groups excluding tert-OH is 1. The number of likely N-dealkylation sites (tertiary alicyclic amines) is 1. The largest absolute Gasteiger partial charge is 0.392 e. The van der Waals surface area contributed by atoms with E-state index < -0.39 is 0 Å². The summed E-state index contributed by atoms with van der Waals surface area (Å²) in [6, 6.07) is 7.98. The molecule has 0 spiro atoms. The van der Waals surface area contributed by atoms with Gasteiger partial charge in [0.1, 0.15) is 5.82 Å². The Labute approximate surface area is 138 Å². The number of hydrogen-bond donors (Lipinski definition) is 1. The molecule has 1 aliphatic rings. The van der Waals surface area contributed by atoms with Crippen LogP contribution in [0, 0.1) is 5.92 Å². The zero-order valence-corrected chi connectivity index (χ0v) is 14.0. The van der Waals surface area contributed by atoms with Crippen LogP contribution in [-0.4, -0.2) is 59.3 Å². The second-order valence-electron chi connectivity index (χ2n) is 6.69. The predicted octanol–water partition coefficient (Wildman–Crippen LogP) is 2.16. The lowest BCUT2D eigenvalue weighted by atomic mass is 9.96. The first-order chi connectivity index (χ1) is 11.1. The standard InChI is InChI=1S/C18H26N4O/c1-14(23)12-22-9-7-15(8-10-22)13-21(2)18-11-19-16-5-3-4-6-17(16)20-18/h3-6,11,14-15,23H,7-10,12-13H2,1-2H3/t14-/m0/s1. The van der Waals surface area contributed by atoms with E-state index in [4.69, 9.17) is 4.98 Å². The number of piperidine rings is 1. The molecule has 3 rings (SSSR count). The van der Waals surface area contributed by atoms with Gasteiger partial charge in [-0.25, -0.2) is 4.98 Å². The van der Waals surface area contributed by atoms with Crippen molar-refractivity contribution in [3.05, 3.63) is 30.5 Å². The summed E-state index contributed by atoms with van der Waals surface area (Å²) in [6.07, 6.45) is 3.99. The van der Waals surface area contributed by atoms with E-state index in [1.165, 1.54) is 12.8 Å². The number of hydrogen-bond acceptors (Lipinski definition) is 5. The third-order valence-electron chi connectivity index (χ3n) is 4.59. The molecule has 1 aromatic carbocycles. The molecule has 0 aliphatic carbocycles. The lowest BCUT2D eigenvalue weighted by Gasteiger charge is -2.34. The molecule has 1 atom stereocenters. The first-order valence-corrected chi connectivity index (χ1v) is 8.45. The van der Waals surface area contributed by atoms with Crippen LogP contribution in [0.15, 0.2) is 30.5 Å². The van der Waals surface area contributed by atoms with Crippen LogP contribution in [-0.2, 0) is 0 Å². The van der Waals surface area contributed by atoms with Gasteiger partial charge in [-0.3, -0.25) is 4.98 Å². The maximum atomic E-state index is 9.49. The number of para-hydroxylation sites is 2. The van der Waals surface area contributed by atoms with Crippen molar-refractivity contribution in [2.24, 2.45) is 5.92 Å². The van der Waals surface area contributed by atoms with E-state index in [9.17, 15) is 5.11 Å². The molecule has 1 fully saturated rings.